The molecule has 25 heavy (non-hydrogen) atoms. The number of rotatable bonds is 6. The van der Waals surface area contributed by atoms with Crippen LogP contribution >= 0.6 is 35.3 Å². The van der Waals surface area contributed by atoms with Crippen molar-refractivity contribution in [3.63, 3.8) is 0 Å². The molecule has 8 heteroatoms. The van der Waals surface area contributed by atoms with Crippen molar-refractivity contribution in [3.05, 3.63) is 16.1 Å². The van der Waals surface area contributed by atoms with E-state index in [4.69, 9.17) is 4.99 Å². The molecule has 3 fully saturated rings. The molecule has 4 heterocycles. The van der Waals surface area contributed by atoms with Crippen molar-refractivity contribution in [2.45, 2.75) is 39.3 Å². The van der Waals surface area contributed by atoms with Crippen LogP contribution in [0.2, 0.25) is 0 Å². The maximum Gasteiger partial charge on any atom is 0.191 e. The standard InChI is InChI=1S/C17H30N6S.HI/c1-4-18-17(20-10-16-21-15(12-24-16)13(2)3)19-9-14-11-22-5-7-23(14)8-6-22;/h12-14H,4-11H2,1-3H3,(H2,18,19,20);1H. The third-order valence-corrected chi connectivity index (χ3v) is 5.63. The Morgan fingerprint density at radius 3 is 2.64 bits per heavy atom. The van der Waals surface area contributed by atoms with Crippen molar-refractivity contribution in [2.75, 3.05) is 45.8 Å². The summed E-state index contributed by atoms with van der Waals surface area (Å²) >= 11 is 1.71. The second kappa shape index (κ2) is 10.0. The lowest BCUT2D eigenvalue weighted by Crippen LogP contribution is -2.63. The van der Waals surface area contributed by atoms with Gasteiger partial charge in [0.1, 0.15) is 5.01 Å². The highest BCUT2D eigenvalue weighted by Gasteiger charge is 2.31. The van der Waals surface area contributed by atoms with Gasteiger partial charge < -0.3 is 10.6 Å². The fourth-order valence-electron chi connectivity index (χ4n) is 3.28. The van der Waals surface area contributed by atoms with Gasteiger partial charge in [-0.1, -0.05) is 13.8 Å². The van der Waals surface area contributed by atoms with Crippen molar-refractivity contribution in [1.82, 2.24) is 25.4 Å². The van der Waals surface area contributed by atoms with E-state index in [1.807, 2.05) is 0 Å². The molecule has 4 rings (SSSR count). The molecule has 1 aromatic rings. The van der Waals surface area contributed by atoms with E-state index in [0.29, 0.717) is 18.5 Å². The van der Waals surface area contributed by atoms with E-state index in [0.717, 1.165) is 24.1 Å². The van der Waals surface area contributed by atoms with Gasteiger partial charge in [-0.15, -0.1) is 35.3 Å². The van der Waals surface area contributed by atoms with E-state index in [1.54, 1.807) is 11.3 Å². The molecule has 1 atom stereocenters. The minimum absolute atomic E-state index is 0. The molecular weight excluding hydrogens is 447 g/mol. The molecule has 0 amide bonds. The lowest BCUT2D eigenvalue weighted by atomic mass is 10.1. The second-order valence-corrected chi connectivity index (χ2v) is 7.83. The molecular formula is C17H31IN6S. The van der Waals surface area contributed by atoms with Gasteiger partial charge in [-0.2, -0.15) is 0 Å². The van der Waals surface area contributed by atoms with Gasteiger partial charge in [-0.3, -0.25) is 9.80 Å². The Morgan fingerprint density at radius 1 is 1.32 bits per heavy atom. The molecule has 0 radical (unpaired) electrons. The fraction of sp³-hybridized carbons (Fsp3) is 0.765. The van der Waals surface area contributed by atoms with Crippen LogP contribution in [0, 0.1) is 0 Å². The summed E-state index contributed by atoms with van der Waals surface area (Å²) in [5, 5.41) is 10.1. The highest BCUT2D eigenvalue weighted by atomic mass is 127. The number of nitrogens with zero attached hydrogens (tertiary/aromatic N) is 4. The zero-order valence-corrected chi connectivity index (χ0v) is 18.6. The summed E-state index contributed by atoms with van der Waals surface area (Å²) in [6.45, 7) is 15.0. The third-order valence-electron chi connectivity index (χ3n) is 4.78. The topological polar surface area (TPSA) is 55.8 Å². The minimum Gasteiger partial charge on any atom is -0.357 e. The molecule has 0 spiro atoms. The zero-order chi connectivity index (χ0) is 16.9. The van der Waals surface area contributed by atoms with Crippen molar-refractivity contribution in [2.24, 2.45) is 4.99 Å². The van der Waals surface area contributed by atoms with Crippen LogP contribution in [-0.4, -0.2) is 72.6 Å². The molecule has 142 valence electrons. The first-order chi connectivity index (χ1) is 11.7. The van der Waals surface area contributed by atoms with Crippen molar-refractivity contribution in [1.29, 1.82) is 0 Å². The summed E-state index contributed by atoms with van der Waals surface area (Å²) in [5.41, 5.74) is 1.17. The van der Waals surface area contributed by atoms with Crippen LogP contribution in [0.1, 0.15) is 37.4 Å². The Kier molecular flexibility index (Phi) is 8.37. The molecule has 1 aromatic heterocycles. The van der Waals surface area contributed by atoms with Gasteiger partial charge in [-0.05, 0) is 12.8 Å². The van der Waals surface area contributed by atoms with Crippen LogP contribution in [0.25, 0.3) is 0 Å². The quantitative estimate of drug-likeness (QED) is 0.372. The van der Waals surface area contributed by atoms with E-state index in [2.05, 4.69) is 51.6 Å². The largest absolute Gasteiger partial charge is 0.357 e. The zero-order valence-electron chi connectivity index (χ0n) is 15.5. The predicted octanol–water partition coefficient (Wildman–Crippen LogP) is 1.94. The molecule has 2 N–H and O–H groups in total. The fourth-order valence-corrected chi connectivity index (χ4v) is 4.16. The molecule has 0 aliphatic carbocycles. The molecule has 6 nitrogen and oxygen atoms in total. The summed E-state index contributed by atoms with van der Waals surface area (Å²) in [4.78, 5) is 14.5. The third kappa shape index (κ3) is 5.77. The highest BCUT2D eigenvalue weighted by molar-refractivity contribution is 14.0. The van der Waals surface area contributed by atoms with Crippen LogP contribution < -0.4 is 10.6 Å². The summed E-state index contributed by atoms with van der Waals surface area (Å²) in [6, 6.07) is 0.601. The number of halogens is 1. The smallest absolute Gasteiger partial charge is 0.191 e. The van der Waals surface area contributed by atoms with Crippen LogP contribution in [-0.2, 0) is 6.54 Å². The number of guanidine groups is 1. The second-order valence-electron chi connectivity index (χ2n) is 6.89. The summed E-state index contributed by atoms with van der Waals surface area (Å²) in [5.74, 6) is 1.38. The van der Waals surface area contributed by atoms with Crippen molar-refractivity contribution in [3.8, 4) is 0 Å². The molecule has 0 saturated carbocycles. The van der Waals surface area contributed by atoms with Gasteiger partial charge in [-0.25, -0.2) is 9.98 Å². The lowest BCUT2D eigenvalue weighted by molar-refractivity contribution is 0.0154. The van der Waals surface area contributed by atoms with E-state index < -0.39 is 0 Å². The van der Waals surface area contributed by atoms with Gasteiger partial charge >= 0.3 is 0 Å². The molecule has 0 aromatic carbocycles. The molecule has 3 aliphatic heterocycles. The number of hydrogen-bond donors (Lipinski definition) is 2. The Labute approximate surface area is 172 Å². The molecule has 2 bridgehead atoms. The van der Waals surface area contributed by atoms with Crippen LogP contribution in [0.4, 0.5) is 0 Å². The number of piperazine rings is 3. The number of aromatic nitrogens is 1. The summed E-state index contributed by atoms with van der Waals surface area (Å²) < 4.78 is 0. The normalized spacial score (nSPS) is 25.8. The van der Waals surface area contributed by atoms with Crippen molar-refractivity contribution < 1.29 is 0 Å². The first-order valence-electron chi connectivity index (χ1n) is 9.08. The first-order valence-corrected chi connectivity index (χ1v) is 9.96. The summed E-state index contributed by atoms with van der Waals surface area (Å²) in [7, 11) is 0. The van der Waals surface area contributed by atoms with Gasteiger partial charge in [0.05, 0.1) is 12.2 Å². The lowest BCUT2D eigenvalue weighted by Gasteiger charge is -2.47. The van der Waals surface area contributed by atoms with Crippen LogP contribution in [0.15, 0.2) is 10.4 Å². The SMILES string of the molecule is CCNC(=NCc1nc(C(C)C)cs1)NCC1CN2CCN1CC2.I. The number of aliphatic imine (C=N–C) groups is 1. The number of fused-ring (bicyclic) bond motifs is 3. The van der Waals surface area contributed by atoms with E-state index in [1.165, 1.54) is 38.4 Å². The monoisotopic (exact) mass is 478 g/mol. The Balaban J connectivity index is 0.00000225. The van der Waals surface area contributed by atoms with Gasteiger partial charge in [0.25, 0.3) is 0 Å². The van der Waals surface area contributed by atoms with Gasteiger partial charge in [0.2, 0.25) is 0 Å². The Bertz CT molecular complexity index is 553. The molecule has 3 saturated heterocycles. The van der Waals surface area contributed by atoms with E-state index >= 15 is 0 Å². The van der Waals surface area contributed by atoms with E-state index in [9.17, 15) is 0 Å². The summed E-state index contributed by atoms with van der Waals surface area (Å²) in [6.07, 6.45) is 0. The average molecular weight is 478 g/mol. The maximum atomic E-state index is 4.71. The van der Waals surface area contributed by atoms with Crippen LogP contribution in [0.5, 0.6) is 0 Å². The van der Waals surface area contributed by atoms with Crippen molar-refractivity contribution >= 4 is 41.3 Å². The molecule has 1 unspecified atom stereocenters. The number of hydrogen-bond acceptors (Lipinski definition) is 5. The number of thiazole rings is 1. The van der Waals surface area contributed by atoms with E-state index in [-0.39, 0.29) is 24.0 Å². The van der Waals surface area contributed by atoms with Gasteiger partial charge in [0.15, 0.2) is 5.96 Å². The highest BCUT2D eigenvalue weighted by Crippen LogP contribution is 2.18. The predicted molar refractivity (Wildman–Crippen MR) is 116 cm³/mol. The maximum absolute atomic E-state index is 4.71. The average Bonchev–Trinajstić information content (AvgIpc) is 3.08. The first kappa shape index (κ1) is 20.9. The minimum atomic E-state index is 0. The Morgan fingerprint density at radius 2 is 2.08 bits per heavy atom. The Hall–Kier alpha value is -0.450. The van der Waals surface area contributed by atoms with Crippen LogP contribution in [0.3, 0.4) is 0 Å². The molecule has 3 aliphatic rings. The number of nitrogens with one attached hydrogen (secondary N) is 2. The van der Waals surface area contributed by atoms with Gasteiger partial charge in [0, 0.05) is 57.2 Å².